The van der Waals surface area contributed by atoms with Gasteiger partial charge in [0.25, 0.3) is 0 Å². The number of hydrogen-bond acceptors (Lipinski definition) is 5. The number of para-hydroxylation sites is 1. The van der Waals surface area contributed by atoms with Crippen LogP contribution in [0.2, 0.25) is 0 Å². The maximum atomic E-state index is 5.73. The highest BCUT2D eigenvalue weighted by molar-refractivity contribution is 5.37. The van der Waals surface area contributed by atoms with Crippen molar-refractivity contribution >= 4 is 0 Å². The van der Waals surface area contributed by atoms with Gasteiger partial charge in [0, 0.05) is 0 Å². The van der Waals surface area contributed by atoms with E-state index < -0.39 is 0 Å². The normalized spacial score (nSPS) is 19.7. The number of quaternary nitrogens is 2. The molecule has 0 unspecified atom stereocenters. The molecule has 1 fully saturated rings. The molecule has 0 spiro atoms. The minimum Gasteiger partial charge on any atom is -0.497 e. The molecule has 1 aliphatic heterocycles. The lowest BCUT2D eigenvalue weighted by molar-refractivity contribution is -1.02. The molecule has 3 aromatic rings. The Kier molecular flexibility index (Phi) is 6.79. The van der Waals surface area contributed by atoms with Crippen LogP contribution in [-0.2, 0) is 6.54 Å². The number of benzene rings is 2. The van der Waals surface area contributed by atoms with Gasteiger partial charge in [0.2, 0.25) is 5.82 Å². The smallest absolute Gasteiger partial charge is 0.214 e. The third kappa shape index (κ3) is 4.70. The number of ether oxygens (including phenoxy) is 2. The zero-order chi connectivity index (χ0) is 21.6. The number of piperazine rings is 1. The number of likely N-dealkylation sites (N-methyl/N-ethyl adjacent to an activating group) is 1. The minimum absolute atomic E-state index is 0.0165. The number of nitrogens with one attached hydrogen (secondary N) is 2. The molecule has 2 heterocycles. The summed E-state index contributed by atoms with van der Waals surface area (Å²) < 4.78 is 12.9. The summed E-state index contributed by atoms with van der Waals surface area (Å²) in [6.07, 6.45) is 0. The van der Waals surface area contributed by atoms with Gasteiger partial charge in [0.1, 0.15) is 37.7 Å². The summed E-state index contributed by atoms with van der Waals surface area (Å²) in [6, 6.07) is 16.3. The van der Waals surface area contributed by atoms with Crippen LogP contribution in [0, 0.1) is 0 Å². The Labute approximate surface area is 183 Å². The van der Waals surface area contributed by atoms with Gasteiger partial charge in [0.05, 0.1) is 32.9 Å². The molecule has 164 valence electrons. The van der Waals surface area contributed by atoms with E-state index in [1.165, 1.54) is 11.4 Å². The van der Waals surface area contributed by atoms with Crippen molar-refractivity contribution in [3.8, 4) is 11.5 Å². The number of aromatic nitrogens is 4. The predicted octanol–water partition coefficient (Wildman–Crippen LogP) is -0.369. The molecule has 1 atom stereocenters. The van der Waals surface area contributed by atoms with Gasteiger partial charge in [-0.2, -0.15) is 0 Å². The molecule has 1 saturated heterocycles. The second kappa shape index (κ2) is 9.89. The Morgan fingerprint density at radius 2 is 1.71 bits per heavy atom. The van der Waals surface area contributed by atoms with Crippen molar-refractivity contribution in [3.63, 3.8) is 0 Å². The van der Waals surface area contributed by atoms with E-state index in [0.29, 0.717) is 6.54 Å². The van der Waals surface area contributed by atoms with E-state index in [1.54, 1.807) is 19.1 Å². The van der Waals surface area contributed by atoms with E-state index in [0.717, 1.165) is 54.6 Å². The van der Waals surface area contributed by atoms with Crippen molar-refractivity contribution in [1.29, 1.82) is 0 Å². The third-order valence-electron chi connectivity index (χ3n) is 6.27. The van der Waals surface area contributed by atoms with E-state index in [-0.39, 0.29) is 6.04 Å². The first-order valence-corrected chi connectivity index (χ1v) is 10.9. The van der Waals surface area contributed by atoms with E-state index >= 15 is 0 Å². The van der Waals surface area contributed by atoms with Crippen LogP contribution >= 0.6 is 0 Å². The van der Waals surface area contributed by atoms with E-state index in [4.69, 9.17) is 9.47 Å². The van der Waals surface area contributed by atoms with Gasteiger partial charge in [-0.3, -0.25) is 0 Å². The number of methoxy groups -OCH3 is 2. The van der Waals surface area contributed by atoms with Gasteiger partial charge in [0.15, 0.2) is 6.04 Å². The van der Waals surface area contributed by atoms with E-state index in [9.17, 15) is 0 Å². The molecule has 4 rings (SSSR count). The first kappa shape index (κ1) is 21.3. The van der Waals surface area contributed by atoms with Crippen molar-refractivity contribution in [2.24, 2.45) is 0 Å². The number of tetrazole rings is 1. The van der Waals surface area contributed by atoms with Gasteiger partial charge >= 0.3 is 0 Å². The fraction of sp³-hybridized carbons (Fsp3) is 0.435. The molecule has 31 heavy (non-hydrogen) atoms. The summed E-state index contributed by atoms with van der Waals surface area (Å²) in [4.78, 5) is 3.13. The van der Waals surface area contributed by atoms with E-state index in [1.807, 2.05) is 28.9 Å². The lowest BCUT2D eigenvalue weighted by Gasteiger charge is -2.34. The summed E-state index contributed by atoms with van der Waals surface area (Å²) in [7, 11) is 3.40. The fourth-order valence-electron chi connectivity index (χ4n) is 4.45. The Morgan fingerprint density at radius 3 is 2.39 bits per heavy atom. The molecule has 8 nitrogen and oxygen atoms in total. The monoisotopic (exact) mass is 424 g/mol. The fourth-order valence-corrected chi connectivity index (χ4v) is 4.45. The first-order chi connectivity index (χ1) is 15.2. The lowest BCUT2D eigenvalue weighted by atomic mass is 10.0. The van der Waals surface area contributed by atoms with Gasteiger partial charge in [-0.25, -0.2) is 4.68 Å². The lowest BCUT2D eigenvalue weighted by Crippen LogP contribution is -3.28. The Bertz CT molecular complexity index is 966. The molecule has 0 amide bonds. The highest BCUT2D eigenvalue weighted by atomic mass is 16.5. The Balaban J connectivity index is 1.68. The molecular weight excluding hydrogens is 392 g/mol. The maximum Gasteiger partial charge on any atom is 0.214 e. The summed E-state index contributed by atoms with van der Waals surface area (Å²) >= 11 is 0. The van der Waals surface area contributed by atoms with Crippen LogP contribution in [0.4, 0.5) is 0 Å². The van der Waals surface area contributed by atoms with Crippen LogP contribution in [-0.4, -0.2) is 67.2 Å². The van der Waals surface area contributed by atoms with Crippen LogP contribution < -0.4 is 19.3 Å². The maximum absolute atomic E-state index is 5.73. The zero-order valence-electron chi connectivity index (χ0n) is 18.5. The summed E-state index contributed by atoms with van der Waals surface area (Å²) in [5.41, 5.74) is 2.26. The van der Waals surface area contributed by atoms with Gasteiger partial charge in [-0.15, -0.1) is 5.10 Å². The van der Waals surface area contributed by atoms with Crippen LogP contribution in [0.5, 0.6) is 11.5 Å². The van der Waals surface area contributed by atoms with Crippen molar-refractivity contribution in [3.05, 3.63) is 65.5 Å². The highest BCUT2D eigenvalue weighted by Gasteiger charge is 2.36. The molecule has 1 aliphatic rings. The number of hydrogen-bond donors (Lipinski definition) is 2. The predicted molar refractivity (Wildman–Crippen MR) is 117 cm³/mol. The van der Waals surface area contributed by atoms with Crippen molar-refractivity contribution in [2.75, 3.05) is 46.9 Å². The standard InChI is InChI=1S/C23H30N6O2/c1-4-27-13-15-28(16-14-27)22(20-7-5-6-8-21(20)31-3)23-24-25-26-29(23)17-18-9-11-19(30-2)12-10-18/h5-12,22H,4,13-17H2,1-3H3/p+2/t22-/m0/s1. The third-order valence-corrected chi connectivity index (χ3v) is 6.27. The molecule has 0 bridgehead atoms. The van der Waals surface area contributed by atoms with Crippen LogP contribution in [0.25, 0.3) is 0 Å². The van der Waals surface area contributed by atoms with Gasteiger partial charge < -0.3 is 19.3 Å². The molecule has 0 aliphatic carbocycles. The van der Waals surface area contributed by atoms with Gasteiger partial charge in [-0.1, -0.05) is 24.3 Å². The average molecular weight is 425 g/mol. The van der Waals surface area contributed by atoms with Crippen LogP contribution in [0.1, 0.15) is 29.9 Å². The molecule has 0 radical (unpaired) electrons. The largest absolute Gasteiger partial charge is 0.497 e. The molecule has 0 saturated carbocycles. The average Bonchev–Trinajstić information content (AvgIpc) is 3.28. The minimum atomic E-state index is 0.0165. The first-order valence-electron chi connectivity index (χ1n) is 10.9. The number of nitrogens with zero attached hydrogens (tertiary/aromatic N) is 4. The van der Waals surface area contributed by atoms with E-state index in [2.05, 4.69) is 46.7 Å². The van der Waals surface area contributed by atoms with Crippen LogP contribution in [0.15, 0.2) is 48.5 Å². The molecular formula is C23H32N6O2+2. The highest BCUT2D eigenvalue weighted by Crippen LogP contribution is 2.27. The summed E-state index contributed by atoms with van der Waals surface area (Å²) in [6.45, 7) is 8.48. The molecule has 2 N–H and O–H groups in total. The van der Waals surface area contributed by atoms with Crippen molar-refractivity contribution < 1.29 is 19.3 Å². The molecule has 2 aromatic carbocycles. The summed E-state index contributed by atoms with van der Waals surface area (Å²) in [5.74, 6) is 2.59. The topological polar surface area (TPSA) is 70.9 Å². The Morgan fingerprint density at radius 1 is 0.968 bits per heavy atom. The van der Waals surface area contributed by atoms with Crippen molar-refractivity contribution in [1.82, 2.24) is 20.2 Å². The van der Waals surface area contributed by atoms with Gasteiger partial charge in [-0.05, 0) is 47.2 Å². The second-order valence-electron chi connectivity index (χ2n) is 7.98. The van der Waals surface area contributed by atoms with Crippen LogP contribution in [0.3, 0.4) is 0 Å². The molecule has 1 aromatic heterocycles. The quantitative estimate of drug-likeness (QED) is 0.517. The van der Waals surface area contributed by atoms with Crippen molar-refractivity contribution in [2.45, 2.75) is 19.5 Å². The SMILES string of the molecule is CC[NH+]1CC[NH+]([C@@H](c2ccccc2OC)c2nnnn2Cc2ccc(OC)cc2)CC1. The number of rotatable bonds is 8. The molecule has 8 heteroatoms. The Hall–Kier alpha value is -2.97. The summed E-state index contributed by atoms with van der Waals surface area (Å²) in [5, 5.41) is 12.9. The second-order valence-corrected chi connectivity index (χ2v) is 7.98. The zero-order valence-corrected chi connectivity index (χ0v) is 18.5.